The number of esters is 1. The lowest BCUT2D eigenvalue weighted by molar-refractivity contribution is -0.146. The Labute approximate surface area is 213 Å². The number of nitrogens with one attached hydrogen (secondary N) is 2. The van der Waals surface area contributed by atoms with Crippen LogP contribution in [0.2, 0.25) is 0 Å². The Morgan fingerprint density at radius 2 is 1.37 bits per heavy atom. The molecule has 0 aliphatic heterocycles. The van der Waals surface area contributed by atoms with E-state index in [0.717, 1.165) is 22.3 Å². The number of benzene rings is 3. The summed E-state index contributed by atoms with van der Waals surface area (Å²) in [6.45, 7) is 3.98. The number of anilines is 1. The van der Waals surface area contributed by atoms with E-state index in [1.807, 2.05) is 86.6 Å². The number of hydrogen-bond acceptors (Lipinski definition) is 5. The molecule has 0 aromatic heterocycles. The van der Waals surface area contributed by atoms with Crippen molar-refractivity contribution < 1.29 is 23.9 Å². The molecule has 3 aromatic carbocycles. The van der Waals surface area contributed by atoms with E-state index in [2.05, 4.69) is 26.6 Å². The summed E-state index contributed by atoms with van der Waals surface area (Å²) in [7, 11) is 0. The van der Waals surface area contributed by atoms with E-state index < -0.39 is 24.0 Å². The van der Waals surface area contributed by atoms with Gasteiger partial charge in [-0.3, -0.25) is 9.59 Å². The van der Waals surface area contributed by atoms with Gasteiger partial charge in [0.2, 0.25) is 5.91 Å². The zero-order valence-corrected chi connectivity index (χ0v) is 21.1. The average Bonchev–Trinajstić information content (AvgIpc) is 2.85. The van der Waals surface area contributed by atoms with E-state index in [9.17, 15) is 14.4 Å². The largest absolute Gasteiger partial charge is 0.461 e. The second kappa shape index (κ2) is 12.7. The van der Waals surface area contributed by atoms with Crippen molar-refractivity contribution in [3.8, 4) is 0 Å². The van der Waals surface area contributed by atoms with Gasteiger partial charge >= 0.3 is 12.1 Å². The molecule has 0 spiro atoms. The third-order valence-corrected chi connectivity index (χ3v) is 5.93. The van der Waals surface area contributed by atoms with Crippen LogP contribution in [0.1, 0.15) is 28.7 Å². The molecule has 3 rings (SSSR count). The predicted octanol–water partition coefficient (Wildman–Crippen LogP) is 5.43. The Balaban J connectivity index is 1.67. The van der Waals surface area contributed by atoms with Gasteiger partial charge in [0, 0.05) is 4.47 Å². The van der Waals surface area contributed by atoms with Crippen molar-refractivity contribution in [1.29, 1.82) is 0 Å². The first kappa shape index (κ1) is 26.0. The molecule has 1 atom stereocenters. The molecular formula is C27H27BrN2O5. The van der Waals surface area contributed by atoms with E-state index in [0.29, 0.717) is 10.2 Å². The molecule has 7 nitrogen and oxygen atoms in total. The van der Waals surface area contributed by atoms with Crippen LogP contribution in [-0.4, -0.2) is 24.0 Å². The number of carbonyl (C=O) groups is 3. The molecular weight excluding hydrogens is 512 g/mol. The molecule has 2 amide bonds. The maximum absolute atomic E-state index is 13.1. The van der Waals surface area contributed by atoms with Gasteiger partial charge in [0.1, 0.15) is 19.3 Å². The molecule has 0 unspecified atom stereocenters. The van der Waals surface area contributed by atoms with Crippen molar-refractivity contribution >= 4 is 39.6 Å². The minimum absolute atomic E-state index is 0.0299. The van der Waals surface area contributed by atoms with Crippen LogP contribution in [0.5, 0.6) is 0 Å². The Hall–Kier alpha value is -3.65. The Morgan fingerprint density at radius 1 is 0.829 bits per heavy atom. The molecule has 3 aromatic rings. The molecule has 0 aliphatic rings. The molecule has 0 radical (unpaired) electrons. The Morgan fingerprint density at radius 3 is 1.97 bits per heavy atom. The minimum atomic E-state index is -1.20. The Kier molecular flexibility index (Phi) is 9.43. The number of ether oxygens (including phenoxy) is 2. The van der Waals surface area contributed by atoms with Crippen LogP contribution in [0.15, 0.2) is 77.3 Å². The molecule has 8 heteroatoms. The molecule has 0 fully saturated rings. The first-order valence-corrected chi connectivity index (χ1v) is 11.9. The smallest absolute Gasteiger partial charge is 0.408 e. The second-order valence-electron chi connectivity index (χ2n) is 8.01. The summed E-state index contributed by atoms with van der Waals surface area (Å²) >= 11 is 3.44. The lowest BCUT2D eigenvalue weighted by Crippen LogP contribution is -2.45. The fourth-order valence-electron chi connectivity index (χ4n) is 3.18. The molecule has 0 aliphatic carbocycles. The number of halogens is 1. The molecule has 182 valence electrons. The SMILES string of the molecule is Cc1cc(Br)c(NC(=O)[C@H](CC(=O)OCc2ccccc2)NC(=O)OCc2ccccc2)cc1C. The van der Waals surface area contributed by atoms with Crippen LogP contribution in [0, 0.1) is 13.8 Å². The highest BCUT2D eigenvalue weighted by atomic mass is 79.9. The summed E-state index contributed by atoms with van der Waals surface area (Å²) in [6, 6.07) is 20.8. The standard InChI is InChI=1S/C27H27BrN2O5/c1-18-13-22(28)23(14-19(18)2)29-26(32)24(15-25(31)34-16-20-9-5-3-6-10-20)30-27(33)35-17-21-11-7-4-8-12-21/h3-14,24H,15-17H2,1-2H3,(H,29,32)(H,30,33)/t24-/m0/s1. The van der Waals surface area contributed by atoms with Gasteiger partial charge in [-0.25, -0.2) is 4.79 Å². The van der Waals surface area contributed by atoms with Gasteiger partial charge in [-0.1, -0.05) is 60.7 Å². The van der Waals surface area contributed by atoms with E-state index in [1.165, 1.54) is 0 Å². The summed E-state index contributed by atoms with van der Waals surface area (Å²) in [4.78, 5) is 38.0. The molecule has 0 saturated carbocycles. The quantitative estimate of drug-likeness (QED) is 0.354. The van der Waals surface area contributed by atoms with Crippen LogP contribution in [0.4, 0.5) is 10.5 Å². The van der Waals surface area contributed by atoms with Gasteiger partial charge in [0.05, 0.1) is 12.1 Å². The van der Waals surface area contributed by atoms with Crippen molar-refractivity contribution in [1.82, 2.24) is 5.32 Å². The van der Waals surface area contributed by atoms with Crippen LogP contribution in [0.25, 0.3) is 0 Å². The zero-order chi connectivity index (χ0) is 25.2. The van der Waals surface area contributed by atoms with Gasteiger partial charge < -0.3 is 20.1 Å². The summed E-state index contributed by atoms with van der Waals surface area (Å²) in [5.41, 5.74) is 4.18. The fraction of sp³-hybridized carbons (Fsp3) is 0.222. The van der Waals surface area contributed by atoms with E-state index >= 15 is 0 Å². The normalized spacial score (nSPS) is 11.3. The second-order valence-corrected chi connectivity index (χ2v) is 8.87. The van der Waals surface area contributed by atoms with Crippen molar-refractivity contribution in [2.24, 2.45) is 0 Å². The van der Waals surface area contributed by atoms with Gasteiger partial charge in [-0.05, 0) is 64.2 Å². The number of alkyl carbamates (subject to hydrolysis) is 1. The monoisotopic (exact) mass is 538 g/mol. The van der Waals surface area contributed by atoms with Crippen LogP contribution >= 0.6 is 15.9 Å². The predicted molar refractivity (Wildman–Crippen MR) is 137 cm³/mol. The summed E-state index contributed by atoms with van der Waals surface area (Å²) in [5.74, 6) is -1.20. The Bertz CT molecular complexity index is 1110. The van der Waals surface area contributed by atoms with Crippen molar-refractivity contribution in [2.45, 2.75) is 39.5 Å². The van der Waals surface area contributed by atoms with Crippen LogP contribution < -0.4 is 10.6 Å². The number of hydrogen-bond donors (Lipinski definition) is 2. The highest BCUT2D eigenvalue weighted by Crippen LogP contribution is 2.26. The summed E-state index contributed by atoms with van der Waals surface area (Å²) in [5, 5.41) is 5.27. The third-order valence-electron chi connectivity index (χ3n) is 5.28. The van der Waals surface area contributed by atoms with Crippen molar-refractivity contribution in [2.75, 3.05) is 5.32 Å². The van der Waals surface area contributed by atoms with Gasteiger partial charge in [-0.15, -0.1) is 0 Å². The molecule has 35 heavy (non-hydrogen) atoms. The lowest BCUT2D eigenvalue weighted by Gasteiger charge is -2.19. The van der Waals surface area contributed by atoms with Gasteiger partial charge in [0.25, 0.3) is 0 Å². The molecule has 2 N–H and O–H groups in total. The maximum atomic E-state index is 13.1. The highest BCUT2D eigenvalue weighted by molar-refractivity contribution is 9.10. The summed E-state index contributed by atoms with van der Waals surface area (Å²) in [6.07, 6.45) is -1.18. The minimum Gasteiger partial charge on any atom is -0.461 e. The van der Waals surface area contributed by atoms with Gasteiger partial charge in [0.15, 0.2) is 0 Å². The lowest BCUT2D eigenvalue weighted by atomic mass is 10.1. The molecule has 0 saturated heterocycles. The first-order valence-electron chi connectivity index (χ1n) is 11.1. The van der Waals surface area contributed by atoms with Crippen LogP contribution in [0.3, 0.4) is 0 Å². The number of rotatable bonds is 9. The van der Waals surface area contributed by atoms with E-state index in [4.69, 9.17) is 9.47 Å². The number of carbonyl (C=O) groups excluding carboxylic acids is 3. The molecule has 0 bridgehead atoms. The van der Waals surface area contributed by atoms with E-state index in [-0.39, 0.29) is 19.6 Å². The highest BCUT2D eigenvalue weighted by Gasteiger charge is 2.26. The van der Waals surface area contributed by atoms with Crippen molar-refractivity contribution in [3.63, 3.8) is 0 Å². The van der Waals surface area contributed by atoms with Crippen LogP contribution in [-0.2, 0) is 32.3 Å². The maximum Gasteiger partial charge on any atom is 0.408 e. The third kappa shape index (κ3) is 8.26. The van der Waals surface area contributed by atoms with Gasteiger partial charge in [-0.2, -0.15) is 0 Å². The first-order chi connectivity index (χ1) is 16.8. The number of aryl methyl sites for hydroxylation is 2. The fourth-order valence-corrected chi connectivity index (χ4v) is 3.73. The summed E-state index contributed by atoms with van der Waals surface area (Å²) < 4.78 is 11.2. The average molecular weight is 539 g/mol. The zero-order valence-electron chi connectivity index (χ0n) is 19.5. The number of amides is 2. The molecule has 0 heterocycles. The van der Waals surface area contributed by atoms with E-state index in [1.54, 1.807) is 0 Å². The topological polar surface area (TPSA) is 93.7 Å². The van der Waals surface area contributed by atoms with Crippen molar-refractivity contribution in [3.05, 3.63) is 99.5 Å².